The molecular weight excluding hydrogens is 360 g/mol. The summed E-state index contributed by atoms with van der Waals surface area (Å²) in [6, 6.07) is 3.52. The van der Waals surface area contributed by atoms with Gasteiger partial charge in [-0.1, -0.05) is 18.5 Å². The van der Waals surface area contributed by atoms with E-state index < -0.39 is 11.7 Å². The average Bonchev–Trinajstić information content (AvgIpc) is 2.41. The third-order valence-corrected chi connectivity index (χ3v) is 4.01. The van der Waals surface area contributed by atoms with E-state index >= 15 is 0 Å². The molecule has 1 atom stereocenters. The first kappa shape index (κ1) is 21.8. The van der Waals surface area contributed by atoms with Gasteiger partial charge in [0.15, 0.2) is 0 Å². The van der Waals surface area contributed by atoms with Gasteiger partial charge in [0.25, 0.3) is 0 Å². The van der Waals surface area contributed by atoms with Crippen molar-refractivity contribution in [3.8, 4) is 0 Å². The van der Waals surface area contributed by atoms with Crippen LogP contribution in [-0.4, -0.2) is 31.1 Å². The molecule has 0 aliphatic carbocycles. The lowest BCUT2D eigenvalue weighted by molar-refractivity contribution is -0.137. The highest BCUT2D eigenvalue weighted by atomic mass is 35.5. The smallest absolute Gasteiger partial charge is 0.314 e. The quantitative estimate of drug-likeness (QED) is 0.828. The summed E-state index contributed by atoms with van der Waals surface area (Å²) in [7, 11) is 0. The van der Waals surface area contributed by atoms with Crippen LogP contribution in [0.2, 0.25) is 5.02 Å². The van der Waals surface area contributed by atoms with Crippen molar-refractivity contribution in [3.05, 3.63) is 34.3 Å². The first-order chi connectivity index (χ1) is 9.43. The largest absolute Gasteiger partial charge is 0.416 e. The molecule has 1 heterocycles. The summed E-state index contributed by atoms with van der Waals surface area (Å²) in [6.45, 7) is 5.33. The molecular formula is C14H20Cl3F3N2. The van der Waals surface area contributed by atoms with Crippen molar-refractivity contribution in [2.75, 3.05) is 26.2 Å². The summed E-state index contributed by atoms with van der Waals surface area (Å²) in [5, 5.41) is 3.65. The lowest BCUT2D eigenvalue weighted by atomic mass is 9.99. The molecule has 1 aliphatic rings. The predicted octanol–water partition coefficient (Wildman–Crippen LogP) is 4.56. The van der Waals surface area contributed by atoms with Crippen molar-refractivity contribution < 1.29 is 13.2 Å². The normalized spacial score (nSPS) is 17.3. The number of rotatable bonds is 3. The van der Waals surface area contributed by atoms with Crippen molar-refractivity contribution >= 4 is 36.4 Å². The standard InChI is InChI=1S/C14H18ClF3N2.2ClH/c1-2-13(20-7-5-19-6-8-20)11-9-10(14(16,17)18)3-4-12(11)15;;/h3-4,9,13,19H,2,5-8H2,1H3;2*1H/t13-;;/m1../s1. The van der Waals surface area contributed by atoms with Gasteiger partial charge in [-0.05, 0) is 30.2 Å². The van der Waals surface area contributed by atoms with E-state index in [1.165, 1.54) is 12.1 Å². The number of hydrogen-bond acceptors (Lipinski definition) is 2. The van der Waals surface area contributed by atoms with E-state index in [9.17, 15) is 13.2 Å². The number of nitrogens with zero attached hydrogens (tertiary/aromatic N) is 1. The van der Waals surface area contributed by atoms with Crippen molar-refractivity contribution in [2.45, 2.75) is 25.6 Å². The molecule has 0 bridgehead atoms. The van der Waals surface area contributed by atoms with E-state index in [2.05, 4.69) is 10.2 Å². The monoisotopic (exact) mass is 378 g/mol. The summed E-state index contributed by atoms with van der Waals surface area (Å²) < 4.78 is 38.5. The van der Waals surface area contributed by atoms with E-state index in [-0.39, 0.29) is 30.9 Å². The molecule has 1 aromatic carbocycles. The number of benzene rings is 1. The lowest BCUT2D eigenvalue weighted by Crippen LogP contribution is -2.45. The minimum atomic E-state index is -4.33. The Bertz CT molecular complexity index is 463. The Balaban J connectivity index is 0.00000220. The van der Waals surface area contributed by atoms with Crippen LogP contribution in [0, 0.1) is 0 Å². The molecule has 0 aromatic heterocycles. The van der Waals surface area contributed by atoms with Crippen LogP contribution in [0.4, 0.5) is 13.2 Å². The highest BCUT2D eigenvalue weighted by molar-refractivity contribution is 6.31. The zero-order chi connectivity index (χ0) is 14.8. The summed E-state index contributed by atoms with van der Waals surface area (Å²) in [4.78, 5) is 2.19. The van der Waals surface area contributed by atoms with E-state index in [1.807, 2.05) is 6.92 Å². The summed E-state index contributed by atoms with van der Waals surface area (Å²) in [6.07, 6.45) is -3.60. The number of nitrogens with one attached hydrogen (secondary N) is 1. The molecule has 0 saturated carbocycles. The van der Waals surface area contributed by atoms with Crippen LogP contribution in [0.3, 0.4) is 0 Å². The predicted molar refractivity (Wildman–Crippen MR) is 88.4 cm³/mol. The van der Waals surface area contributed by atoms with Crippen LogP contribution in [0.1, 0.15) is 30.5 Å². The fourth-order valence-electron chi connectivity index (χ4n) is 2.64. The van der Waals surface area contributed by atoms with Gasteiger partial charge in [-0.3, -0.25) is 4.90 Å². The van der Waals surface area contributed by atoms with Gasteiger partial charge < -0.3 is 5.32 Å². The summed E-state index contributed by atoms with van der Waals surface area (Å²) >= 11 is 6.13. The zero-order valence-corrected chi connectivity index (χ0v) is 14.5. The third-order valence-electron chi connectivity index (χ3n) is 3.66. The first-order valence-electron chi connectivity index (χ1n) is 6.75. The van der Waals surface area contributed by atoms with E-state index in [0.29, 0.717) is 10.6 Å². The summed E-state index contributed by atoms with van der Waals surface area (Å²) in [5.74, 6) is 0. The molecule has 2 nitrogen and oxygen atoms in total. The van der Waals surface area contributed by atoms with Crippen LogP contribution in [-0.2, 0) is 6.18 Å². The minimum absolute atomic E-state index is 0. The molecule has 1 aromatic rings. The zero-order valence-electron chi connectivity index (χ0n) is 12.1. The molecule has 1 N–H and O–H groups in total. The van der Waals surface area contributed by atoms with Gasteiger partial charge in [-0.2, -0.15) is 13.2 Å². The molecule has 1 aliphatic heterocycles. The molecule has 1 saturated heterocycles. The van der Waals surface area contributed by atoms with Gasteiger partial charge in [-0.25, -0.2) is 0 Å². The molecule has 22 heavy (non-hydrogen) atoms. The number of piperazine rings is 1. The third kappa shape index (κ3) is 5.17. The van der Waals surface area contributed by atoms with Crippen LogP contribution in [0.15, 0.2) is 18.2 Å². The van der Waals surface area contributed by atoms with Crippen LogP contribution >= 0.6 is 36.4 Å². The Labute approximate surface area is 146 Å². The van der Waals surface area contributed by atoms with Gasteiger partial charge in [0, 0.05) is 37.2 Å². The molecule has 128 valence electrons. The molecule has 0 radical (unpaired) electrons. The SMILES string of the molecule is CC[C@H](c1cc(C(F)(F)F)ccc1Cl)N1CCNCC1.Cl.Cl. The second kappa shape index (κ2) is 9.18. The van der Waals surface area contributed by atoms with Gasteiger partial charge in [-0.15, -0.1) is 24.8 Å². The topological polar surface area (TPSA) is 15.3 Å². The number of halogens is 6. The minimum Gasteiger partial charge on any atom is -0.314 e. The Morgan fingerprint density at radius 3 is 2.32 bits per heavy atom. The Morgan fingerprint density at radius 2 is 1.82 bits per heavy atom. The molecule has 1 fully saturated rings. The first-order valence-corrected chi connectivity index (χ1v) is 7.12. The van der Waals surface area contributed by atoms with Gasteiger partial charge in [0.1, 0.15) is 0 Å². The Morgan fingerprint density at radius 1 is 1.23 bits per heavy atom. The second-order valence-corrected chi connectivity index (χ2v) is 5.35. The maximum Gasteiger partial charge on any atom is 0.416 e. The fraction of sp³-hybridized carbons (Fsp3) is 0.571. The molecule has 0 spiro atoms. The van der Waals surface area contributed by atoms with Crippen molar-refractivity contribution in [1.82, 2.24) is 10.2 Å². The lowest BCUT2D eigenvalue weighted by Gasteiger charge is -2.35. The van der Waals surface area contributed by atoms with Crippen molar-refractivity contribution in [3.63, 3.8) is 0 Å². The Hall–Kier alpha value is -0.200. The van der Waals surface area contributed by atoms with E-state index in [4.69, 9.17) is 11.6 Å². The molecule has 8 heteroatoms. The molecule has 0 unspecified atom stereocenters. The van der Waals surface area contributed by atoms with Gasteiger partial charge >= 0.3 is 6.18 Å². The summed E-state index contributed by atoms with van der Waals surface area (Å²) in [5.41, 5.74) is -0.0589. The average molecular weight is 380 g/mol. The highest BCUT2D eigenvalue weighted by Crippen LogP contribution is 2.36. The van der Waals surface area contributed by atoms with Gasteiger partial charge in [0.2, 0.25) is 0 Å². The highest BCUT2D eigenvalue weighted by Gasteiger charge is 2.32. The molecule has 0 amide bonds. The van der Waals surface area contributed by atoms with E-state index in [1.54, 1.807) is 0 Å². The Kier molecular flexibility index (Phi) is 9.10. The van der Waals surface area contributed by atoms with Crippen molar-refractivity contribution in [1.29, 1.82) is 0 Å². The van der Waals surface area contributed by atoms with Crippen LogP contribution in [0.25, 0.3) is 0 Å². The van der Waals surface area contributed by atoms with E-state index in [0.717, 1.165) is 38.7 Å². The second-order valence-electron chi connectivity index (χ2n) is 4.94. The number of alkyl halides is 3. The van der Waals surface area contributed by atoms with Crippen LogP contribution < -0.4 is 5.32 Å². The maximum atomic E-state index is 12.8. The van der Waals surface area contributed by atoms with Crippen molar-refractivity contribution in [2.24, 2.45) is 0 Å². The van der Waals surface area contributed by atoms with Crippen LogP contribution in [0.5, 0.6) is 0 Å². The maximum absolute atomic E-state index is 12.8. The number of hydrogen-bond donors (Lipinski definition) is 1. The van der Waals surface area contributed by atoms with Gasteiger partial charge in [0.05, 0.1) is 5.56 Å². The fourth-order valence-corrected chi connectivity index (χ4v) is 2.89. The molecule has 2 rings (SSSR count).